The van der Waals surface area contributed by atoms with Gasteiger partial charge in [0.05, 0.1) is 5.25 Å². The van der Waals surface area contributed by atoms with Gasteiger partial charge in [-0.1, -0.05) is 41.6 Å². The second-order valence-electron chi connectivity index (χ2n) is 6.38. The van der Waals surface area contributed by atoms with Crippen LogP contribution in [-0.2, 0) is 11.4 Å². The molecule has 1 aliphatic rings. The maximum atomic E-state index is 12.9. The van der Waals surface area contributed by atoms with Crippen LogP contribution in [0.25, 0.3) is 0 Å². The Balaban J connectivity index is 1.36. The first-order valence-electron chi connectivity index (χ1n) is 9.02. The standard InChI is InChI=1S/C20H19ClN4O2S/c21-14-8-10-16(11-9-14)27-13-18-22-20(24-23-18)28-17-7-4-12-25(19(17)26)15-5-2-1-3-6-15/h1-3,5-6,8-11,17H,4,7,12-13H2,(H,22,23,24). The topological polar surface area (TPSA) is 71.1 Å². The van der Waals surface area contributed by atoms with Gasteiger partial charge < -0.3 is 9.64 Å². The van der Waals surface area contributed by atoms with Gasteiger partial charge in [-0.15, -0.1) is 5.10 Å². The average Bonchev–Trinajstić information content (AvgIpc) is 3.17. The van der Waals surface area contributed by atoms with E-state index in [0.29, 0.717) is 21.8 Å². The Morgan fingerprint density at radius 3 is 2.75 bits per heavy atom. The molecule has 3 aromatic rings. The minimum Gasteiger partial charge on any atom is -0.486 e. The molecule has 144 valence electrons. The second kappa shape index (κ2) is 8.67. The molecule has 1 aromatic heterocycles. The molecule has 1 N–H and O–H groups in total. The minimum absolute atomic E-state index is 0.103. The van der Waals surface area contributed by atoms with E-state index in [-0.39, 0.29) is 17.8 Å². The SMILES string of the molecule is O=C1C(Sc2n[nH]c(COc3ccc(Cl)cc3)n2)CCCN1c1ccccc1. The number of aromatic nitrogens is 3. The number of para-hydroxylation sites is 1. The Morgan fingerprint density at radius 2 is 1.96 bits per heavy atom. The number of carbonyl (C=O) groups excluding carboxylic acids is 1. The molecular formula is C20H19ClN4O2S. The zero-order chi connectivity index (χ0) is 19.3. The van der Waals surface area contributed by atoms with Crippen molar-refractivity contribution in [1.29, 1.82) is 0 Å². The molecule has 0 radical (unpaired) electrons. The van der Waals surface area contributed by atoms with Crippen LogP contribution in [0.3, 0.4) is 0 Å². The number of H-pyrrole nitrogens is 1. The zero-order valence-corrected chi connectivity index (χ0v) is 16.6. The summed E-state index contributed by atoms with van der Waals surface area (Å²) in [5, 5.41) is 8.13. The molecule has 4 rings (SSSR count). The number of rotatable bonds is 6. The fourth-order valence-corrected chi connectivity index (χ4v) is 4.17. The fraction of sp³-hybridized carbons (Fsp3) is 0.250. The van der Waals surface area contributed by atoms with Crippen molar-refractivity contribution >= 4 is 35.0 Å². The number of anilines is 1. The van der Waals surface area contributed by atoms with E-state index in [0.717, 1.165) is 25.1 Å². The van der Waals surface area contributed by atoms with Crippen LogP contribution >= 0.6 is 23.4 Å². The lowest BCUT2D eigenvalue weighted by Gasteiger charge is -2.31. The normalized spacial score (nSPS) is 17.0. The average molecular weight is 415 g/mol. The first kappa shape index (κ1) is 18.8. The molecule has 1 fully saturated rings. The van der Waals surface area contributed by atoms with Crippen molar-refractivity contribution in [3.05, 3.63) is 65.4 Å². The highest BCUT2D eigenvalue weighted by Gasteiger charge is 2.31. The number of hydrogen-bond acceptors (Lipinski definition) is 5. The maximum absolute atomic E-state index is 12.9. The predicted molar refractivity (Wildman–Crippen MR) is 110 cm³/mol. The minimum atomic E-state index is -0.185. The Labute approximate surface area is 172 Å². The van der Waals surface area contributed by atoms with Gasteiger partial charge in [-0.3, -0.25) is 9.89 Å². The molecule has 0 aliphatic carbocycles. The summed E-state index contributed by atoms with van der Waals surface area (Å²) in [6.07, 6.45) is 1.77. The molecule has 0 bridgehead atoms. The number of nitrogens with one attached hydrogen (secondary N) is 1. The number of aromatic amines is 1. The molecule has 28 heavy (non-hydrogen) atoms. The van der Waals surface area contributed by atoms with Crippen molar-refractivity contribution in [1.82, 2.24) is 15.2 Å². The molecule has 1 saturated heterocycles. The van der Waals surface area contributed by atoms with Crippen LogP contribution in [0.5, 0.6) is 5.75 Å². The number of halogens is 1. The van der Waals surface area contributed by atoms with Crippen molar-refractivity contribution in [2.45, 2.75) is 29.9 Å². The first-order valence-corrected chi connectivity index (χ1v) is 10.3. The van der Waals surface area contributed by atoms with Crippen molar-refractivity contribution in [3.63, 3.8) is 0 Å². The fourth-order valence-electron chi connectivity index (χ4n) is 3.02. The summed E-state index contributed by atoms with van der Waals surface area (Å²) < 4.78 is 5.67. The van der Waals surface area contributed by atoms with E-state index >= 15 is 0 Å². The highest BCUT2D eigenvalue weighted by atomic mass is 35.5. The van der Waals surface area contributed by atoms with Crippen molar-refractivity contribution in [2.24, 2.45) is 0 Å². The van der Waals surface area contributed by atoms with Gasteiger partial charge in [0.25, 0.3) is 0 Å². The summed E-state index contributed by atoms with van der Waals surface area (Å²) in [6.45, 7) is 1.01. The lowest BCUT2D eigenvalue weighted by atomic mass is 10.1. The van der Waals surface area contributed by atoms with Gasteiger partial charge in [0.15, 0.2) is 5.82 Å². The van der Waals surface area contributed by atoms with Gasteiger partial charge in [-0.05, 0) is 49.2 Å². The third-order valence-electron chi connectivity index (χ3n) is 4.41. The van der Waals surface area contributed by atoms with Gasteiger partial charge in [0.2, 0.25) is 11.1 Å². The molecule has 1 unspecified atom stereocenters. The summed E-state index contributed by atoms with van der Waals surface area (Å²) in [6, 6.07) is 16.9. The highest BCUT2D eigenvalue weighted by molar-refractivity contribution is 8.00. The monoisotopic (exact) mass is 414 g/mol. The Kier molecular flexibility index (Phi) is 5.83. The van der Waals surface area contributed by atoms with Crippen LogP contribution in [0, 0.1) is 0 Å². The van der Waals surface area contributed by atoms with Crippen molar-refractivity contribution in [3.8, 4) is 5.75 Å². The van der Waals surface area contributed by atoms with E-state index in [9.17, 15) is 4.79 Å². The van der Waals surface area contributed by atoms with Crippen LogP contribution in [0.4, 0.5) is 5.69 Å². The van der Waals surface area contributed by atoms with Crippen LogP contribution in [0.2, 0.25) is 5.02 Å². The van der Waals surface area contributed by atoms with E-state index in [1.165, 1.54) is 11.8 Å². The van der Waals surface area contributed by atoms with Crippen molar-refractivity contribution < 1.29 is 9.53 Å². The number of nitrogens with zero attached hydrogens (tertiary/aromatic N) is 3. The predicted octanol–water partition coefficient (Wildman–Crippen LogP) is 4.32. The van der Waals surface area contributed by atoms with Gasteiger partial charge in [0.1, 0.15) is 12.4 Å². The number of piperidine rings is 1. The molecule has 2 heterocycles. The van der Waals surface area contributed by atoms with Crippen LogP contribution < -0.4 is 9.64 Å². The Bertz CT molecular complexity index is 933. The van der Waals surface area contributed by atoms with E-state index in [2.05, 4.69) is 15.2 Å². The van der Waals surface area contributed by atoms with E-state index in [1.807, 2.05) is 35.2 Å². The van der Waals surface area contributed by atoms with Gasteiger partial charge in [-0.2, -0.15) is 0 Å². The summed E-state index contributed by atoms with van der Waals surface area (Å²) in [4.78, 5) is 19.2. The number of hydrogen-bond donors (Lipinski definition) is 1. The molecular weight excluding hydrogens is 396 g/mol. The first-order chi connectivity index (χ1) is 13.7. The second-order valence-corrected chi connectivity index (χ2v) is 7.99. The lowest BCUT2D eigenvalue weighted by molar-refractivity contribution is -0.119. The summed E-state index contributed by atoms with van der Waals surface area (Å²) >= 11 is 7.27. The molecule has 2 aromatic carbocycles. The molecule has 8 heteroatoms. The summed E-state index contributed by atoms with van der Waals surface area (Å²) in [5.74, 6) is 1.42. The summed E-state index contributed by atoms with van der Waals surface area (Å²) in [7, 11) is 0. The Morgan fingerprint density at radius 1 is 1.18 bits per heavy atom. The van der Waals surface area contributed by atoms with Gasteiger partial charge in [0, 0.05) is 17.3 Å². The third-order valence-corrected chi connectivity index (χ3v) is 5.77. The number of benzene rings is 2. The summed E-state index contributed by atoms with van der Waals surface area (Å²) in [5.41, 5.74) is 0.935. The van der Waals surface area contributed by atoms with Crippen LogP contribution in [0.15, 0.2) is 59.8 Å². The maximum Gasteiger partial charge on any atom is 0.240 e. The van der Waals surface area contributed by atoms with E-state index in [4.69, 9.17) is 16.3 Å². The number of ether oxygens (including phenoxy) is 1. The van der Waals surface area contributed by atoms with Crippen molar-refractivity contribution in [2.75, 3.05) is 11.4 Å². The van der Waals surface area contributed by atoms with Crippen LogP contribution in [0.1, 0.15) is 18.7 Å². The number of thioether (sulfide) groups is 1. The molecule has 1 amide bonds. The molecule has 0 spiro atoms. The van der Waals surface area contributed by atoms with E-state index < -0.39 is 0 Å². The lowest BCUT2D eigenvalue weighted by Crippen LogP contribution is -2.43. The highest BCUT2D eigenvalue weighted by Crippen LogP contribution is 2.30. The van der Waals surface area contributed by atoms with Gasteiger partial charge in [-0.25, -0.2) is 4.98 Å². The third kappa shape index (κ3) is 4.48. The molecule has 1 atom stereocenters. The van der Waals surface area contributed by atoms with Gasteiger partial charge >= 0.3 is 0 Å². The Hall–Kier alpha value is -2.51. The van der Waals surface area contributed by atoms with Crippen LogP contribution in [-0.4, -0.2) is 32.9 Å². The molecule has 1 aliphatic heterocycles. The quantitative estimate of drug-likeness (QED) is 0.650. The largest absolute Gasteiger partial charge is 0.486 e. The smallest absolute Gasteiger partial charge is 0.240 e. The zero-order valence-electron chi connectivity index (χ0n) is 15.0. The molecule has 0 saturated carbocycles. The van der Waals surface area contributed by atoms with E-state index in [1.54, 1.807) is 24.3 Å². The number of carbonyl (C=O) groups is 1. The molecule has 6 nitrogen and oxygen atoms in total. The number of amides is 1.